The van der Waals surface area contributed by atoms with E-state index < -0.39 is 0 Å². The summed E-state index contributed by atoms with van der Waals surface area (Å²) in [5, 5.41) is 9.14. The molecule has 1 unspecified atom stereocenters. The van der Waals surface area contributed by atoms with Gasteiger partial charge in [-0.15, -0.1) is 0 Å². The number of pyridine rings is 1. The molecule has 1 aliphatic heterocycles. The van der Waals surface area contributed by atoms with Gasteiger partial charge in [0.25, 0.3) is 0 Å². The largest absolute Gasteiger partial charge is 0.489 e. The second kappa shape index (κ2) is 8.44. The van der Waals surface area contributed by atoms with Gasteiger partial charge in [-0.2, -0.15) is 0 Å². The molecule has 1 aromatic carbocycles. The van der Waals surface area contributed by atoms with E-state index in [1.54, 1.807) is 29.4 Å². The van der Waals surface area contributed by atoms with E-state index >= 15 is 0 Å². The maximum absolute atomic E-state index is 12.1. The van der Waals surface area contributed by atoms with Gasteiger partial charge in [0.2, 0.25) is 5.91 Å². The van der Waals surface area contributed by atoms with E-state index in [0.29, 0.717) is 13.2 Å². The van der Waals surface area contributed by atoms with Crippen molar-refractivity contribution in [3.8, 4) is 5.75 Å². The highest BCUT2D eigenvalue weighted by Gasteiger charge is 2.23. The van der Waals surface area contributed by atoms with Crippen molar-refractivity contribution in [1.29, 1.82) is 0 Å². The van der Waals surface area contributed by atoms with Gasteiger partial charge in [0, 0.05) is 49.6 Å². The lowest BCUT2D eigenvalue weighted by Gasteiger charge is -2.13. The highest BCUT2D eigenvalue weighted by atomic mass is 16.5. The summed E-state index contributed by atoms with van der Waals surface area (Å²) in [6.45, 7) is 1.98. The summed E-state index contributed by atoms with van der Waals surface area (Å²) in [6.07, 6.45) is 7.78. The van der Waals surface area contributed by atoms with Crippen LogP contribution in [0.5, 0.6) is 5.75 Å². The Hall–Kier alpha value is -2.66. The number of benzene rings is 1. The van der Waals surface area contributed by atoms with E-state index in [2.05, 4.69) is 4.98 Å². The zero-order valence-electron chi connectivity index (χ0n) is 14.0. The summed E-state index contributed by atoms with van der Waals surface area (Å²) >= 11 is 0. The first-order valence-electron chi connectivity index (χ1n) is 8.44. The lowest BCUT2D eigenvalue weighted by molar-refractivity contribution is -0.125. The van der Waals surface area contributed by atoms with Crippen molar-refractivity contribution in [3.05, 3.63) is 66.0 Å². The van der Waals surface area contributed by atoms with E-state index in [-0.39, 0.29) is 18.4 Å². The molecule has 1 amide bonds. The van der Waals surface area contributed by atoms with Gasteiger partial charge in [-0.1, -0.05) is 18.2 Å². The standard InChI is InChI=1S/C20H22N2O3/c23-14-18-9-11-22(13-18)20(24)8-5-16-3-6-19(7-4-16)25-15-17-2-1-10-21-12-17/h1-8,10,12,18,23H,9,11,13-15H2/b8-5+. The van der Waals surface area contributed by atoms with Crippen LogP contribution in [0.3, 0.4) is 0 Å². The molecular formula is C20H22N2O3. The van der Waals surface area contributed by atoms with Crippen LogP contribution in [0.1, 0.15) is 17.5 Å². The number of carbonyl (C=O) groups excluding carboxylic acids is 1. The molecule has 2 heterocycles. The van der Waals surface area contributed by atoms with Crippen LogP contribution in [-0.4, -0.2) is 40.6 Å². The number of aromatic nitrogens is 1. The zero-order chi connectivity index (χ0) is 17.5. The molecule has 1 fully saturated rings. The number of carbonyl (C=O) groups is 1. The van der Waals surface area contributed by atoms with Crippen LogP contribution in [0, 0.1) is 5.92 Å². The molecular weight excluding hydrogens is 316 g/mol. The van der Waals surface area contributed by atoms with Gasteiger partial charge in [0.05, 0.1) is 0 Å². The fourth-order valence-corrected chi connectivity index (χ4v) is 2.78. The molecule has 0 saturated carbocycles. The third-order valence-corrected chi connectivity index (χ3v) is 4.28. The first kappa shape index (κ1) is 17.2. The molecule has 1 aliphatic rings. The summed E-state index contributed by atoms with van der Waals surface area (Å²) in [7, 11) is 0. The minimum absolute atomic E-state index is 0.00662. The number of hydrogen-bond donors (Lipinski definition) is 1. The summed E-state index contributed by atoms with van der Waals surface area (Å²) in [5.74, 6) is 0.985. The Morgan fingerprint density at radius 1 is 1.32 bits per heavy atom. The predicted octanol–water partition coefficient (Wildman–Crippen LogP) is 2.51. The molecule has 0 aliphatic carbocycles. The van der Waals surface area contributed by atoms with Gasteiger partial charge < -0.3 is 14.7 Å². The Kier molecular flexibility index (Phi) is 5.80. The smallest absolute Gasteiger partial charge is 0.246 e. The first-order chi connectivity index (χ1) is 12.2. The number of nitrogens with zero attached hydrogens (tertiary/aromatic N) is 2. The van der Waals surface area contributed by atoms with Crippen molar-refractivity contribution < 1.29 is 14.6 Å². The number of amides is 1. The lowest BCUT2D eigenvalue weighted by Crippen LogP contribution is -2.27. The molecule has 5 nitrogen and oxygen atoms in total. The van der Waals surface area contributed by atoms with Gasteiger partial charge >= 0.3 is 0 Å². The maximum Gasteiger partial charge on any atom is 0.246 e. The number of aliphatic hydroxyl groups excluding tert-OH is 1. The van der Waals surface area contributed by atoms with Gasteiger partial charge in [0.1, 0.15) is 12.4 Å². The highest BCUT2D eigenvalue weighted by Crippen LogP contribution is 2.17. The Labute approximate surface area is 147 Å². The Morgan fingerprint density at radius 3 is 2.84 bits per heavy atom. The molecule has 5 heteroatoms. The topological polar surface area (TPSA) is 62.7 Å². The van der Waals surface area contributed by atoms with Crippen LogP contribution in [0.15, 0.2) is 54.9 Å². The molecule has 3 rings (SSSR count). The number of ether oxygens (including phenoxy) is 1. The second-order valence-electron chi connectivity index (χ2n) is 6.17. The summed E-state index contributed by atoms with van der Waals surface area (Å²) < 4.78 is 5.72. The Balaban J connectivity index is 1.51. The Morgan fingerprint density at radius 2 is 2.16 bits per heavy atom. The van der Waals surface area contributed by atoms with Gasteiger partial charge in [-0.05, 0) is 36.3 Å². The molecule has 130 valence electrons. The summed E-state index contributed by atoms with van der Waals surface area (Å²) in [5.41, 5.74) is 1.96. The van der Waals surface area contributed by atoms with Crippen LogP contribution in [0.25, 0.3) is 6.08 Å². The van der Waals surface area contributed by atoms with E-state index in [4.69, 9.17) is 9.84 Å². The minimum Gasteiger partial charge on any atom is -0.489 e. The fourth-order valence-electron chi connectivity index (χ4n) is 2.78. The highest BCUT2D eigenvalue weighted by molar-refractivity contribution is 5.91. The average Bonchev–Trinajstić information content (AvgIpc) is 3.15. The van der Waals surface area contributed by atoms with Crippen molar-refractivity contribution >= 4 is 12.0 Å². The van der Waals surface area contributed by atoms with Crippen molar-refractivity contribution in [2.75, 3.05) is 19.7 Å². The van der Waals surface area contributed by atoms with E-state index in [0.717, 1.165) is 29.8 Å². The van der Waals surface area contributed by atoms with Gasteiger partial charge in [-0.25, -0.2) is 0 Å². The quantitative estimate of drug-likeness (QED) is 0.822. The third kappa shape index (κ3) is 4.90. The molecule has 1 N–H and O–H groups in total. The van der Waals surface area contributed by atoms with E-state index in [1.807, 2.05) is 36.4 Å². The molecule has 1 aromatic heterocycles. The molecule has 25 heavy (non-hydrogen) atoms. The molecule has 0 spiro atoms. The fraction of sp³-hybridized carbons (Fsp3) is 0.300. The van der Waals surface area contributed by atoms with Crippen molar-refractivity contribution in [2.45, 2.75) is 13.0 Å². The zero-order valence-corrected chi connectivity index (χ0v) is 14.0. The van der Waals surface area contributed by atoms with Gasteiger partial charge in [0.15, 0.2) is 0 Å². The SMILES string of the molecule is O=C(/C=C/c1ccc(OCc2cccnc2)cc1)N1CCC(CO)C1. The van der Waals surface area contributed by atoms with Crippen molar-refractivity contribution in [1.82, 2.24) is 9.88 Å². The molecule has 1 atom stereocenters. The van der Waals surface area contributed by atoms with Crippen LogP contribution < -0.4 is 4.74 Å². The first-order valence-corrected chi connectivity index (χ1v) is 8.44. The van der Waals surface area contributed by atoms with E-state index in [9.17, 15) is 4.79 Å². The summed E-state index contributed by atoms with van der Waals surface area (Å²) in [4.78, 5) is 18.0. The summed E-state index contributed by atoms with van der Waals surface area (Å²) in [6, 6.07) is 11.5. The number of hydrogen-bond acceptors (Lipinski definition) is 4. The molecule has 0 bridgehead atoms. The van der Waals surface area contributed by atoms with Crippen molar-refractivity contribution in [3.63, 3.8) is 0 Å². The average molecular weight is 338 g/mol. The third-order valence-electron chi connectivity index (χ3n) is 4.28. The molecule has 2 aromatic rings. The number of aliphatic hydroxyl groups is 1. The Bertz CT molecular complexity index is 713. The lowest BCUT2D eigenvalue weighted by atomic mass is 10.1. The number of rotatable bonds is 6. The van der Waals surface area contributed by atoms with Crippen LogP contribution in [0.4, 0.5) is 0 Å². The molecule has 0 radical (unpaired) electrons. The second-order valence-corrected chi connectivity index (χ2v) is 6.17. The minimum atomic E-state index is -0.00662. The van der Waals surface area contributed by atoms with Gasteiger partial charge in [-0.3, -0.25) is 9.78 Å². The maximum atomic E-state index is 12.1. The van der Waals surface area contributed by atoms with Crippen molar-refractivity contribution in [2.24, 2.45) is 5.92 Å². The molecule has 1 saturated heterocycles. The normalized spacial score (nSPS) is 17.2. The van der Waals surface area contributed by atoms with Crippen LogP contribution in [-0.2, 0) is 11.4 Å². The van der Waals surface area contributed by atoms with E-state index in [1.165, 1.54) is 0 Å². The number of likely N-dealkylation sites (tertiary alicyclic amines) is 1. The predicted molar refractivity (Wildman–Crippen MR) is 95.8 cm³/mol. The monoisotopic (exact) mass is 338 g/mol. The van der Waals surface area contributed by atoms with Crippen LogP contribution >= 0.6 is 0 Å². The van der Waals surface area contributed by atoms with Crippen LogP contribution in [0.2, 0.25) is 0 Å².